The van der Waals surface area contributed by atoms with Gasteiger partial charge in [-0.15, -0.1) is 0 Å². The monoisotopic (exact) mass is 271 g/mol. The molecule has 5 nitrogen and oxygen atoms in total. The Hall–Kier alpha value is -1.14. The van der Waals surface area contributed by atoms with Crippen molar-refractivity contribution in [2.45, 2.75) is 24.9 Å². The van der Waals surface area contributed by atoms with Gasteiger partial charge in [-0.3, -0.25) is 10.1 Å². The maximum atomic E-state index is 10.8. The van der Waals surface area contributed by atoms with Crippen LogP contribution in [0.2, 0.25) is 5.02 Å². The number of nitrogens with one attached hydrogen (secondary N) is 1. The molecule has 1 aliphatic heterocycles. The van der Waals surface area contributed by atoms with E-state index >= 15 is 0 Å². The fourth-order valence-corrected chi connectivity index (χ4v) is 2.00. The number of carbonyl (C=O) groups is 1. The maximum Gasteiger partial charge on any atom is 0.323 e. The lowest BCUT2D eigenvalue weighted by molar-refractivity contribution is -0.142. The zero-order chi connectivity index (χ0) is 13.1. The lowest BCUT2D eigenvalue weighted by Crippen LogP contribution is -2.40. The molecule has 0 unspecified atom stereocenters. The van der Waals surface area contributed by atoms with Crippen molar-refractivity contribution in [1.82, 2.24) is 5.32 Å². The molecule has 1 heterocycles. The molecule has 0 amide bonds. The van der Waals surface area contributed by atoms with Crippen molar-refractivity contribution in [1.29, 1.82) is 0 Å². The van der Waals surface area contributed by atoms with E-state index in [0.29, 0.717) is 18.2 Å². The smallest absolute Gasteiger partial charge is 0.323 e. The quantitative estimate of drug-likeness (QED) is 0.749. The number of rotatable bonds is 4. The lowest BCUT2D eigenvalue weighted by atomic mass is 10.1. The number of aliphatic hydroxyl groups excluding tert-OH is 1. The highest BCUT2D eigenvalue weighted by Gasteiger charge is 2.39. The molecular weight excluding hydrogens is 258 g/mol. The molecule has 0 bridgehead atoms. The minimum absolute atomic E-state index is 0.312. The molecule has 1 aromatic carbocycles. The third kappa shape index (κ3) is 3.00. The number of aliphatic carboxylic acids is 1. The van der Waals surface area contributed by atoms with Gasteiger partial charge >= 0.3 is 5.97 Å². The summed E-state index contributed by atoms with van der Waals surface area (Å²) in [6.07, 6.45) is -1.54. The van der Waals surface area contributed by atoms with Crippen LogP contribution >= 0.6 is 11.6 Å². The Balaban J connectivity index is 1.88. The van der Waals surface area contributed by atoms with Crippen LogP contribution in [0.4, 0.5) is 0 Å². The highest BCUT2D eigenvalue weighted by Crippen LogP contribution is 2.15. The summed E-state index contributed by atoms with van der Waals surface area (Å²) in [5.41, 5.74) is 0.922. The summed E-state index contributed by atoms with van der Waals surface area (Å²) in [6, 6.07) is 6.20. The normalized spacial score (nSPS) is 27.3. The maximum absolute atomic E-state index is 10.8. The third-order valence-electron chi connectivity index (χ3n) is 2.90. The average Bonchev–Trinajstić information content (AvgIpc) is 2.70. The molecule has 18 heavy (non-hydrogen) atoms. The van der Waals surface area contributed by atoms with Crippen molar-refractivity contribution in [2.24, 2.45) is 0 Å². The minimum Gasteiger partial charge on any atom is -0.480 e. The first kappa shape index (κ1) is 13.3. The van der Waals surface area contributed by atoms with E-state index in [0.717, 1.165) is 5.56 Å². The molecule has 1 aromatic rings. The van der Waals surface area contributed by atoms with Crippen LogP contribution in [0.15, 0.2) is 24.3 Å². The van der Waals surface area contributed by atoms with Crippen molar-refractivity contribution in [3.63, 3.8) is 0 Å². The van der Waals surface area contributed by atoms with Gasteiger partial charge in [0.2, 0.25) is 0 Å². The topological polar surface area (TPSA) is 78.8 Å². The number of ether oxygens (including phenoxy) is 1. The summed E-state index contributed by atoms with van der Waals surface area (Å²) in [4.78, 5) is 10.8. The molecule has 2 rings (SSSR count). The Morgan fingerprint density at radius 3 is 2.67 bits per heavy atom. The average molecular weight is 272 g/mol. The largest absolute Gasteiger partial charge is 0.480 e. The fraction of sp³-hybridized carbons (Fsp3) is 0.417. The number of benzene rings is 1. The zero-order valence-corrected chi connectivity index (χ0v) is 10.3. The van der Waals surface area contributed by atoms with Crippen molar-refractivity contribution in [3.8, 4) is 0 Å². The van der Waals surface area contributed by atoms with E-state index in [4.69, 9.17) is 21.4 Å². The molecular formula is C12H14ClNO4. The van der Waals surface area contributed by atoms with E-state index in [-0.39, 0.29) is 0 Å². The molecule has 0 aliphatic carbocycles. The molecule has 3 atom stereocenters. The third-order valence-corrected chi connectivity index (χ3v) is 3.16. The zero-order valence-electron chi connectivity index (χ0n) is 9.54. The number of hydrogen-bond acceptors (Lipinski definition) is 4. The molecule has 6 heteroatoms. The fourth-order valence-electron chi connectivity index (χ4n) is 1.87. The van der Waals surface area contributed by atoms with Crippen LogP contribution in [0.25, 0.3) is 0 Å². The first-order valence-corrected chi connectivity index (χ1v) is 5.96. The van der Waals surface area contributed by atoms with Crippen LogP contribution in [0.5, 0.6) is 0 Å². The van der Waals surface area contributed by atoms with Gasteiger partial charge in [-0.25, -0.2) is 0 Å². The standard InChI is InChI=1S/C12H14ClNO4/c13-8-3-1-7(2-4-8)6-18-9-5-14-10(11(9)15)12(16)17/h1-4,9-11,14-15H,5-6H2,(H,16,17)/t9-,10-,11+/m0/s1. The number of aliphatic hydroxyl groups is 1. The summed E-state index contributed by atoms with van der Waals surface area (Å²) in [5.74, 6) is -1.07. The van der Waals surface area contributed by atoms with Crippen molar-refractivity contribution < 1.29 is 19.7 Å². The predicted octanol–water partition coefficient (Wildman–Crippen LogP) is 0.642. The van der Waals surface area contributed by atoms with Gasteiger partial charge in [0.15, 0.2) is 0 Å². The Morgan fingerprint density at radius 1 is 1.44 bits per heavy atom. The van der Waals surface area contributed by atoms with Gasteiger partial charge in [-0.2, -0.15) is 0 Å². The van der Waals surface area contributed by atoms with E-state index in [1.165, 1.54) is 0 Å². The second kappa shape index (κ2) is 5.67. The first-order chi connectivity index (χ1) is 8.58. The number of carboxylic acid groups (broad SMARTS) is 1. The van der Waals surface area contributed by atoms with Gasteiger partial charge in [0.1, 0.15) is 12.1 Å². The molecule has 98 valence electrons. The molecule has 1 aliphatic rings. The summed E-state index contributed by atoms with van der Waals surface area (Å²) < 4.78 is 5.50. The van der Waals surface area contributed by atoms with Crippen molar-refractivity contribution >= 4 is 17.6 Å². The second-order valence-corrected chi connectivity index (χ2v) is 4.63. The molecule has 1 fully saturated rings. The first-order valence-electron chi connectivity index (χ1n) is 5.58. The SMILES string of the molecule is O=C(O)[C@H]1NC[C@H](OCc2ccc(Cl)cc2)[C@H]1O. The van der Waals surface area contributed by atoms with E-state index in [1.54, 1.807) is 12.1 Å². The molecule has 0 aromatic heterocycles. The number of carboxylic acids is 1. The van der Waals surface area contributed by atoms with Gasteiger partial charge in [-0.05, 0) is 17.7 Å². The predicted molar refractivity (Wildman–Crippen MR) is 65.5 cm³/mol. The Kier molecular flexibility index (Phi) is 4.19. The van der Waals surface area contributed by atoms with E-state index in [1.807, 2.05) is 12.1 Å². The van der Waals surface area contributed by atoms with Gasteiger partial charge in [0.05, 0.1) is 12.7 Å². The van der Waals surface area contributed by atoms with Crippen LogP contribution in [0.3, 0.4) is 0 Å². The highest BCUT2D eigenvalue weighted by atomic mass is 35.5. The van der Waals surface area contributed by atoms with Crippen LogP contribution in [0.1, 0.15) is 5.56 Å². The number of hydrogen-bond donors (Lipinski definition) is 3. The second-order valence-electron chi connectivity index (χ2n) is 4.19. The van der Waals surface area contributed by atoms with Gasteiger partial charge in [0, 0.05) is 11.6 Å². The summed E-state index contributed by atoms with van der Waals surface area (Å²) in [5, 5.41) is 21.9. The van der Waals surface area contributed by atoms with Gasteiger partial charge in [0.25, 0.3) is 0 Å². The minimum atomic E-state index is -1.07. The van der Waals surface area contributed by atoms with Crippen LogP contribution in [-0.2, 0) is 16.1 Å². The van der Waals surface area contributed by atoms with Crippen LogP contribution in [0, 0.1) is 0 Å². The summed E-state index contributed by atoms with van der Waals surface area (Å²) in [6.45, 7) is 0.638. The van der Waals surface area contributed by atoms with E-state index < -0.39 is 24.2 Å². The van der Waals surface area contributed by atoms with Crippen LogP contribution < -0.4 is 5.32 Å². The van der Waals surface area contributed by atoms with Crippen LogP contribution in [-0.4, -0.2) is 41.0 Å². The summed E-state index contributed by atoms with van der Waals surface area (Å²) >= 11 is 5.76. The number of halogens is 1. The van der Waals surface area contributed by atoms with Gasteiger partial charge in [-0.1, -0.05) is 23.7 Å². The van der Waals surface area contributed by atoms with E-state index in [2.05, 4.69) is 5.32 Å². The molecule has 0 saturated carbocycles. The molecule has 0 radical (unpaired) electrons. The Labute approximate surface area is 109 Å². The molecule has 3 N–H and O–H groups in total. The van der Waals surface area contributed by atoms with E-state index in [9.17, 15) is 9.90 Å². The van der Waals surface area contributed by atoms with Crippen molar-refractivity contribution in [3.05, 3.63) is 34.9 Å². The summed E-state index contributed by atoms with van der Waals surface area (Å²) in [7, 11) is 0. The Morgan fingerprint density at radius 2 is 2.11 bits per heavy atom. The molecule has 1 saturated heterocycles. The lowest BCUT2D eigenvalue weighted by Gasteiger charge is -2.16. The van der Waals surface area contributed by atoms with Crippen molar-refractivity contribution in [2.75, 3.05) is 6.54 Å². The molecule has 0 spiro atoms. The Bertz CT molecular complexity index is 423. The van der Waals surface area contributed by atoms with Gasteiger partial charge < -0.3 is 14.9 Å². The highest BCUT2D eigenvalue weighted by molar-refractivity contribution is 6.30.